The predicted octanol–water partition coefficient (Wildman–Crippen LogP) is -5.75. The van der Waals surface area contributed by atoms with Crippen molar-refractivity contribution in [2.75, 3.05) is 26.3 Å². The molecule has 23 nitrogen and oxygen atoms in total. The quantitative estimate of drug-likeness (QED) is 0.0514. The van der Waals surface area contributed by atoms with Crippen LogP contribution < -0.4 is 43.4 Å². The maximum Gasteiger partial charge on any atom is 0.326 e. The molecule has 326 valence electrons. The number of nitrogens with two attached hydrogens (primary N) is 2. The van der Waals surface area contributed by atoms with Gasteiger partial charge in [-0.05, 0) is 58.8 Å². The molecule has 0 radical (unpaired) electrons. The lowest BCUT2D eigenvalue weighted by Crippen LogP contribution is -2.61. The van der Waals surface area contributed by atoms with E-state index in [0.717, 1.165) is 0 Å². The molecule has 2 aliphatic rings. The van der Waals surface area contributed by atoms with Crippen molar-refractivity contribution < 1.29 is 63.3 Å². The number of amides is 9. The molecule has 0 aromatic rings. The molecule has 0 bridgehead atoms. The van der Waals surface area contributed by atoms with Gasteiger partial charge in [-0.2, -0.15) is 0 Å². The second-order valence-electron chi connectivity index (χ2n) is 14.8. The zero-order chi connectivity index (χ0) is 44.0. The van der Waals surface area contributed by atoms with Crippen molar-refractivity contribution >= 4 is 59.1 Å². The van der Waals surface area contributed by atoms with Crippen LogP contribution in [0, 0.1) is 5.92 Å². The van der Waals surface area contributed by atoms with Crippen LogP contribution in [-0.4, -0.2) is 165 Å². The van der Waals surface area contributed by atoms with E-state index in [2.05, 4.69) is 31.9 Å². The van der Waals surface area contributed by atoms with Crippen LogP contribution in [0.3, 0.4) is 0 Å². The van der Waals surface area contributed by atoms with Gasteiger partial charge >= 0.3 is 5.97 Å². The summed E-state index contributed by atoms with van der Waals surface area (Å²) in [5, 5.41) is 43.2. The molecule has 0 aliphatic carbocycles. The molecule has 2 fully saturated rings. The van der Waals surface area contributed by atoms with E-state index in [0.29, 0.717) is 12.8 Å². The number of nitrogens with zero attached hydrogens (tertiary/aromatic N) is 2. The number of rotatable bonds is 21. The van der Waals surface area contributed by atoms with Crippen LogP contribution in [0.4, 0.5) is 0 Å². The van der Waals surface area contributed by atoms with Gasteiger partial charge in [-0.25, -0.2) is 4.79 Å². The van der Waals surface area contributed by atoms with Crippen molar-refractivity contribution in [2.24, 2.45) is 17.4 Å². The predicted molar refractivity (Wildman–Crippen MR) is 201 cm³/mol. The molecule has 9 amide bonds. The summed E-state index contributed by atoms with van der Waals surface area (Å²) < 4.78 is 0. The average Bonchev–Trinajstić information content (AvgIpc) is 3.86. The first-order chi connectivity index (χ1) is 27.1. The third-order valence-electron chi connectivity index (χ3n) is 9.73. The number of aliphatic carboxylic acids is 1. The fourth-order valence-corrected chi connectivity index (χ4v) is 6.33. The summed E-state index contributed by atoms with van der Waals surface area (Å²) in [4.78, 5) is 130. The molecule has 2 saturated heterocycles. The van der Waals surface area contributed by atoms with Crippen LogP contribution in [-0.2, 0) is 47.9 Å². The Morgan fingerprint density at radius 2 is 1.09 bits per heavy atom. The van der Waals surface area contributed by atoms with Crippen molar-refractivity contribution in [3.8, 4) is 0 Å². The zero-order valence-electron chi connectivity index (χ0n) is 33.3. The summed E-state index contributed by atoms with van der Waals surface area (Å²) in [6.07, 6.45) is 0.833. The number of hydrogen-bond donors (Lipinski definition) is 11. The summed E-state index contributed by atoms with van der Waals surface area (Å²) in [5.74, 6) is -9.12. The molecule has 9 atom stereocenters. The first-order valence-corrected chi connectivity index (χ1v) is 19.1. The highest BCUT2D eigenvalue weighted by atomic mass is 16.4. The molecule has 13 N–H and O–H groups in total. The molecular weight excluding hydrogens is 768 g/mol. The van der Waals surface area contributed by atoms with E-state index in [1.807, 2.05) is 0 Å². The topological polar surface area (TPSA) is 362 Å². The molecular formula is C35H58N10O13. The Labute approximate surface area is 335 Å². The van der Waals surface area contributed by atoms with Gasteiger partial charge < -0.3 is 68.5 Å². The highest BCUT2D eigenvalue weighted by molar-refractivity contribution is 5.98. The van der Waals surface area contributed by atoms with Gasteiger partial charge in [-0.1, -0.05) is 13.8 Å². The number of aliphatic hydroxyl groups excluding tert-OH is 2. The van der Waals surface area contributed by atoms with Crippen LogP contribution in [0.15, 0.2) is 0 Å². The van der Waals surface area contributed by atoms with E-state index in [9.17, 15) is 63.3 Å². The average molecular weight is 827 g/mol. The van der Waals surface area contributed by atoms with Crippen molar-refractivity contribution in [3.05, 3.63) is 0 Å². The SMILES string of the molecule is CC(C)[C@H](NC(=O)[C@H](C)NC(=O)[C@H](CO)NC(=O)[C@H](C)N)C(=O)N[C@@H](CO)C(=O)N[C@@H](C)C(=O)N[C@@H](CCC(N)=O)C(=O)N1CCC[C@H]1C(=O)N1CCC[C@H]1C(=O)O. The Kier molecular flexibility index (Phi) is 18.9. The van der Waals surface area contributed by atoms with Gasteiger partial charge in [-0.15, -0.1) is 0 Å². The smallest absolute Gasteiger partial charge is 0.326 e. The fraction of sp³-hybridized carbons (Fsp3) is 0.714. The molecule has 0 aromatic heterocycles. The lowest BCUT2D eigenvalue weighted by atomic mass is 10.0. The third-order valence-corrected chi connectivity index (χ3v) is 9.73. The highest BCUT2D eigenvalue weighted by Gasteiger charge is 2.44. The third kappa shape index (κ3) is 13.6. The Morgan fingerprint density at radius 3 is 1.55 bits per heavy atom. The lowest BCUT2D eigenvalue weighted by molar-refractivity contribution is -0.152. The number of hydrogen-bond acceptors (Lipinski definition) is 13. The largest absolute Gasteiger partial charge is 0.480 e. The van der Waals surface area contributed by atoms with E-state index in [-0.39, 0.29) is 38.8 Å². The van der Waals surface area contributed by atoms with Gasteiger partial charge in [-0.3, -0.25) is 43.2 Å². The van der Waals surface area contributed by atoms with E-state index in [1.54, 1.807) is 13.8 Å². The molecule has 2 heterocycles. The first-order valence-electron chi connectivity index (χ1n) is 19.1. The molecule has 0 spiro atoms. The molecule has 2 aliphatic heterocycles. The molecule has 2 rings (SSSR count). The van der Waals surface area contributed by atoms with E-state index >= 15 is 0 Å². The van der Waals surface area contributed by atoms with Gasteiger partial charge in [0.25, 0.3) is 0 Å². The van der Waals surface area contributed by atoms with Crippen molar-refractivity contribution in [2.45, 2.75) is 128 Å². The van der Waals surface area contributed by atoms with E-state index in [1.165, 1.54) is 30.6 Å². The number of carbonyl (C=O) groups is 10. The maximum atomic E-state index is 13.8. The number of nitrogens with one attached hydrogen (secondary N) is 6. The van der Waals surface area contributed by atoms with Crippen LogP contribution in [0.25, 0.3) is 0 Å². The summed E-state index contributed by atoms with van der Waals surface area (Å²) in [7, 11) is 0. The fourth-order valence-electron chi connectivity index (χ4n) is 6.33. The van der Waals surface area contributed by atoms with Crippen molar-refractivity contribution in [3.63, 3.8) is 0 Å². The Balaban J connectivity index is 2.08. The minimum Gasteiger partial charge on any atom is -0.480 e. The molecule has 23 heteroatoms. The summed E-state index contributed by atoms with van der Waals surface area (Å²) in [5.41, 5.74) is 10.8. The van der Waals surface area contributed by atoms with Gasteiger partial charge in [0.05, 0.1) is 19.3 Å². The van der Waals surface area contributed by atoms with Crippen LogP contribution in [0.1, 0.15) is 73.1 Å². The Hall–Kier alpha value is -5.42. The Bertz CT molecular complexity index is 1560. The minimum absolute atomic E-state index is 0.123. The minimum atomic E-state index is -1.64. The molecule has 58 heavy (non-hydrogen) atoms. The lowest BCUT2D eigenvalue weighted by Gasteiger charge is -2.32. The molecule has 0 unspecified atom stereocenters. The van der Waals surface area contributed by atoms with Crippen molar-refractivity contribution in [1.29, 1.82) is 0 Å². The number of carboxylic acid groups (broad SMARTS) is 1. The Morgan fingerprint density at radius 1 is 0.621 bits per heavy atom. The van der Waals surface area contributed by atoms with Crippen LogP contribution in [0.2, 0.25) is 0 Å². The maximum absolute atomic E-state index is 13.8. The van der Waals surface area contributed by atoms with E-state index < -0.39 is 133 Å². The number of carboxylic acids is 1. The number of aliphatic hydroxyl groups is 2. The summed E-state index contributed by atoms with van der Waals surface area (Å²) in [6.45, 7) is 5.60. The molecule has 0 saturated carbocycles. The van der Waals surface area contributed by atoms with Crippen LogP contribution in [0.5, 0.6) is 0 Å². The van der Waals surface area contributed by atoms with Crippen molar-refractivity contribution in [1.82, 2.24) is 41.7 Å². The number of likely N-dealkylation sites (tertiary alicyclic amines) is 2. The van der Waals surface area contributed by atoms with Crippen LogP contribution >= 0.6 is 0 Å². The monoisotopic (exact) mass is 826 g/mol. The summed E-state index contributed by atoms with van der Waals surface area (Å²) in [6, 6.07) is -11.4. The first kappa shape index (κ1) is 48.7. The van der Waals surface area contributed by atoms with Gasteiger partial charge in [0, 0.05) is 19.5 Å². The normalized spacial score (nSPS) is 20.0. The zero-order valence-corrected chi connectivity index (χ0v) is 33.3. The standard InChI is InChI=1S/C35H58N10O13/c1-16(2)26(43-29(51)19(5)39-30(52)21(14-46)41-27(49)17(3)36)32(54)42-22(15-47)31(53)38-18(4)28(50)40-20(10-11-25(37)48)33(55)44-12-6-8-23(44)34(56)45-13-7-9-24(45)35(57)58/h16-24,26,46-47H,6-15,36H2,1-5H3,(H2,37,48)(H,38,53)(H,39,52)(H,40,50)(H,41,49)(H,42,54)(H,43,51)(H,57,58)/t17-,18-,19-,20-,21-,22-,23-,24-,26-/m0/s1. The second kappa shape index (κ2) is 22.5. The van der Waals surface area contributed by atoms with Gasteiger partial charge in [0.2, 0.25) is 53.2 Å². The second-order valence-corrected chi connectivity index (χ2v) is 14.8. The van der Waals surface area contributed by atoms with E-state index in [4.69, 9.17) is 11.5 Å². The van der Waals surface area contributed by atoms with Gasteiger partial charge in [0.1, 0.15) is 48.3 Å². The number of carbonyl (C=O) groups excluding carboxylic acids is 9. The van der Waals surface area contributed by atoms with Gasteiger partial charge in [0.15, 0.2) is 0 Å². The highest BCUT2D eigenvalue weighted by Crippen LogP contribution is 2.26. The number of primary amides is 1. The molecule has 0 aromatic carbocycles. The summed E-state index contributed by atoms with van der Waals surface area (Å²) >= 11 is 0.